The van der Waals surface area contributed by atoms with E-state index in [9.17, 15) is 9.59 Å². The molecule has 0 aliphatic heterocycles. The average molecular weight is 342 g/mol. The second-order valence-corrected chi connectivity index (χ2v) is 5.94. The molecule has 0 aliphatic carbocycles. The summed E-state index contributed by atoms with van der Waals surface area (Å²) in [6.07, 6.45) is 0. The van der Waals surface area contributed by atoms with E-state index >= 15 is 0 Å². The van der Waals surface area contributed by atoms with Crippen molar-refractivity contribution in [2.24, 2.45) is 0 Å². The van der Waals surface area contributed by atoms with Crippen molar-refractivity contribution >= 4 is 33.2 Å². The van der Waals surface area contributed by atoms with Crippen molar-refractivity contribution < 1.29 is 19.6 Å². The van der Waals surface area contributed by atoms with Crippen molar-refractivity contribution in [3.8, 4) is 0 Å². The van der Waals surface area contributed by atoms with E-state index in [1.54, 1.807) is 11.3 Å². The Hall–Kier alpha value is -2.74. The minimum atomic E-state index is -0.637. The molecule has 1 aromatic heterocycles. The van der Waals surface area contributed by atoms with Crippen molar-refractivity contribution in [2.75, 3.05) is 0 Å². The van der Waals surface area contributed by atoms with Gasteiger partial charge in [-0.3, -0.25) is 19.6 Å². The Labute approximate surface area is 141 Å². The lowest BCUT2D eigenvalue weighted by Gasteiger charge is -2.07. The fourth-order valence-corrected chi connectivity index (χ4v) is 3.09. The summed E-state index contributed by atoms with van der Waals surface area (Å²) in [6.45, 7) is 0.255. The predicted molar refractivity (Wildman–Crippen MR) is 89.8 cm³/mol. The maximum atomic E-state index is 12.0. The van der Waals surface area contributed by atoms with Crippen molar-refractivity contribution in [2.45, 2.75) is 6.61 Å². The van der Waals surface area contributed by atoms with Gasteiger partial charge in [0.1, 0.15) is 6.61 Å². The lowest BCUT2D eigenvalue weighted by molar-refractivity contribution is 0.0237. The molecule has 122 valence electrons. The van der Waals surface area contributed by atoms with E-state index in [1.807, 2.05) is 29.6 Å². The van der Waals surface area contributed by atoms with Gasteiger partial charge >= 0.3 is 0 Å². The summed E-state index contributed by atoms with van der Waals surface area (Å²) in [5.41, 5.74) is 5.50. The van der Waals surface area contributed by atoms with Crippen LogP contribution in [0.25, 0.3) is 10.1 Å². The maximum absolute atomic E-state index is 12.0. The Morgan fingerprint density at radius 2 is 1.71 bits per heavy atom. The molecule has 24 heavy (non-hydrogen) atoms. The van der Waals surface area contributed by atoms with Crippen LogP contribution >= 0.6 is 11.3 Å². The fourth-order valence-electron chi connectivity index (χ4n) is 2.26. The minimum absolute atomic E-state index is 0.249. The quantitative estimate of drug-likeness (QED) is 0.491. The number of benzene rings is 2. The number of carbonyl (C=O) groups excluding carboxylic acids is 2. The molecule has 3 aromatic rings. The highest BCUT2D eigenvalue weighted by Crippen LogP contribution is 2.24. The van der Waals surface area contributed by atoms with Gasteiger partial charge in [0.15, 0.2) is 0 Å². The molecule has 3 N–H and O–H groups in total. The zero-order valence-electron chi connectivity index (χ0n) is 12.5. The second-order valence-electron chi connectivity index (χ2n) is 4.99. The summed E-state index contributed by atoms with van der Waals surface area (Å²) in [6, 6.07) is 13.8. The average Bonchev–Trinajstić information content (AvgIpc) is 3.10. The zero-order valence-corrected chi connectivity index (χ0v) is 13.3. The summed E-state index contributed by atoms with van der Waals surface area (Å²) in [4.78, 5) is 28.5. The molecule has 1 heterocycles. The molecule has 0 unspecified atom stereocenters. The Bertz CT molecular complexity index is 874. The first-order valence-corrected chi connectivity index (χ1v) is 7.99. The number of amides is 2. The number of hydrogen-bond donors (Lipinski definition) is 3. The first-order valence-electron chi connectivity index (χ1n) is 7.11. The van der Waals surface area contributed by atoms with E-state index < -0.39 is 11.8 Å². The molecular weight excluding hydrogens is 328 g/mol. The third-order valence-electron chi connectivity index (χ3n) is 3.49. The first kappa shape index (κ1) is 16.1. The molecule has 2 amide bonds. The van der Waals surface area contributed by atoms with Crippen molar-refractivity contribution in [1.29, 1.82) is 0 Å². The lowest BCUT2D eigenvalue weighted by atomic mass is 10.1. The summed E-state index contributed by atoms with van der Waals surface area (Å²) >= 11 is 1.65. The highest BCUT2D eigenvalue weighted by Gasteiger charge is 2.09. The number of nitrogens with one attached hydrogen (secondary N) is 2. The molecule has 0 saturated carbocycles. The maximum Gasteiger partial charge on any atom is 0.274 e. The zero-order chi connectivity index (χ0) is 16.9. The molecular formula is C17H14N2O4S. The monoisotopic (exact) mass is 342 g/mol. The number of thiophene rings is 1. The van der Waals surface area contributed by atoms with Gasteiger partial charge in [-0.05, 0) is 52.7 Å². The molecule has 0 aliphatic rings. The van der Waals surface area contributed by atoms with Crippen LogP contribution in [0.15, 0.2) is 53.9 Å². The molecule has 0 saturated heterocycles. The van der Waals surface area contributed by atoms with Gasteiger partial charge in [0.2, 0.25) is 0 Å². The second kappa shape index (κ2) is 7.22. The Balaban J connectivity index is 1.59. The van der Waals surface area contributed by atoms with Crippen LogP contribution < -0.4 is 11.0 Å². The van der Waals surface area contributed by atoms with Crippen molar-refractivity contribution in [3.63, 3.8) is 0 Å². The molecule has 7 heteroatoms. The molecule has 0 fully saturated rings. The number of hydroxylamine groups is 2. The van der Waals surface area contributed by atoms with Crippen LogP contribution in [-0.2, 0) is 11.4 Å². The van der Waals surface area contributed by atoms with Crippen LogP contribution in [0.1, 0.15) is 26.3 Å². The molecule has 0 spiro atoms. The number of fused-ring (bicyclic) bond motifs is 1. The SMILES string of the molecule is O=C(NO)c1ccc(C(=O)NOCc2cccc3sccc23)cc1. The third kappa shape index (κ3) is 3.43. The molecule has 0 radical (unpaired) electrons. The van der Waals surface area contributed by atoms with Crippen LogP contribution in [-0.4, -0.2) is 17.0 Å². The highest BCUT2D eigenvalue weighted by atomic mass is 32.1. The molecule has 0 atom stereocenters. The van der Waals surface area contributed by atoms with Gasteiger partial charge in [0.25, 0.3) is 11.8 Å². The molecule has 2 aromatic carbocycles. The number of hydrogen-bond acceptors (Lipinski definition) is 5. The van der Waals surface area contributed by atoms with Crippen molar-refractivity contribution in [3.05, 3.63) is 70.6 Å². The van der Waals surface area contributed by atoms with E-state index in [0.717, 1.165) is 10.9 Å². The fraction of sp³-hybridized carbons (Fsp3) is 0.0588. The highest BCUT2D eigenvalue weighted by molar-refractivity contribution is 7.17. The predicted octanol–water partition coefficient (Wildman–Crippen LogP) is 2.88. The first-order chi connectivity index (χ1) is 11.7. The molecule has 0 bridgehead atoms. The summed E-state index contributed by atoms with van der Waals surface area (Å²) < 4.78 is 1.17. The van der Waals surface area contributed by atoms with E-state index in [1.165, 1.54) is 34.4 Å². The normalized spacial score (nSPS) is 10.5. The van der Waals surface area contributed by atoms with Gasteiger partial charge in [-0.2, -0.15) is 0 Å². The topological polar surface area (TPSA) is 87.7 Å². The van der Waals surface area contributed by atoms with Gasteiger partial charge in [-0.25, -0.2) is 11.0 Å². The van der Waals surface area contributed by atoms with Gasteiger partial charge in [-0.15, -0.1) is 11.3 Å². The third-order valence-corrected chi connectivity index (χ3v) is 4.37. The van der Waals surface area contributed by atoms with E-state index in [0.29, 0.717) is 5.56 Å². The number of rotatable bonds is 5. The minimum Gasteiger partial charge on any atom is -0.288 e. The van der Waals surface area contributed by atoms with E-state index in [2.05, 4.69) is 5.48 Å². The Kier molecular flexibility index (Phi) is 4.85. The van der Waals surface area contributed by atoms with Gasteiger partial charge in [0, 0.05) is 15.8 Å². The largest absolute Gasteiger partial charge is 0.288 e. The Morgan fingerprint density at radius 3 is 2.42 bits per heavy atom. The van der Waals surface area contributed by atoms with E-state index in [-0.39, 0.29) is 12.2 Å². The molecule has 3 rings (SSSR count). The van der Waals surface area contributed by atoms with Crippen LogP contribution in [0, 0.1) is 0 Å². The van der Waals surface area contributed by atoms with Crippen LogP contribution in [0.3, 0.4) is 0 Å². The smallest absolute Gasteiger partial charge is 0.274 e. The standard InChI is InChI=1S/C17H14N2O4S/c20-16(18-22)11-4-6-12(7-5-11)17(21)19-23-10-13-2-1-3-15-14(13)8-9-24-15/h1-9,22H,10H2,(H,18,20)(H,19,21). The van der Waals surface area contributed by atoms with Crippen LogP contribution in [0.4, 0.5) is 0 Å². The van der Waals surface area contributed by atoms with Crippen LogP contribution in [0.5, 0.6) is 0 Å². The van der Waals surface area contributed by atoms with Gasteiger partial charge in [-0.1, -0.05) is 12.1 Å². The summed E-state index contributed by atoms with van der Waals surface area (Å²) in [5, 5.41) is 11.7. The lowest BCUT2D eigenvalue weighted by Crippen LogP contribution is -2.24. The summed E-state index contributed by atoms with van der Waals surface area (Å²) in [5.74, 6) is -1.05. The Morgan fingerprint density at radius 1 is 1.00 bits per heavy atom. The molecule has 6 nitrogen and oxygen atoms in total. The summed E-state index contributed by atoms with van der Waals surface area (Å²) in [7, 11) is 0. The van der Waals surface area contributed by atoms with Crippen LogP contribution in [0.2, 0.25) is 0 Å². The van der Waals surface area contributed by atoms with Crippen molar-refractivity contribution in [1.82, 2.24) is 11.0 Å². The van der Waals surface area contributed by atoms with Gasteiger partial charge < -0.3 is 0 Å². The number of carbonyl (C=O) groups is 2. The van der Waals surface area contributed by atoms with E-state index in [4.69, 9.17) is 10.0 Å². The van der Waals surface area contributed by atoms with Gasteiger partial charge in [0.05, 0.1) is 0 Å².